The van der Waals surface area contributed by atoms with Crippen LogP contribution in [0.15, 0.2) is 72.2 Å². The maximum absolute atomic E-state index is 4.51. The molecule has 28 heavy (non-hydrogen) atoms. The van der Waals surface area contributed by atoms with Crippen molar-refractivity contribution in [2.75, 3.05) is 20.1 Å². The fourth-order valence-corrected chi connectivity index (χ4v) is 3.80. The van der Waals surface area contributed by atoms with Crippen LogP contribution in [0.4, 0.5) is 0 Å². The molecule has 1 fully saturated rings. The molecule has 0 amide bonds. The van der Waals surface area contributed by atoms with Crippen LogP contribution in [0.2, 0.25) is 0 Å². The number of nitrogens with one attached hydrogen (secondary N) is 1. The SMILES string of the molecule is CN=C(NCc1cccc(Cn2cncn2)c1)N1CCC(c2ccccc2)C1. The molecule has 6 nitrogen and oxygen atoms in total. The van der Waals surface area contributed by atoms with E-state index >= 15 is 0 Å². The van der Waals surface area contributed by atoms with Crippen LogP contribution in [-0.2, 0) is 13.1 Å². The molecular formula is C22H26N6. The van der Waals surface area contributed by atoms with Gasteiger partial charge in [0.25, 0.3) is 0 Å². The number of nitrogens with zero attached hydrogens (tertiary/aromatic N) is 5. The van der Waals surface area contributed by atoms with Crippen LogP contribution >= 0.6 is 0 Å². The Bertz CT molecular complexity index is 904. The number of rotatable bonds is 5. The van der Waals surface area contributed by atoms with Crippen LogP contribution in [0.25, 0.3) is 0 Å². The van der Waals surface area contributed by atoms with Gasteiger partial charge in [-0.25, -0.2) is 9.67 Å². The van der Waals surface area contributed by atoms with Crippen molar-refractivity contribution in [3.63, 3.8) is 0 Å². The lowest BCUT2D eigenvalue weighted by atomic mass is 9.99. The first-order valence-corrected chi connectivity index (χ1v) is 9.72. The number of aromatic nitrogens is 3. The number of guanidine groups is 1. The highest BCUT2D eigenvalue weighted by Crippen LogP contribution is 2.26. The quantitative estimate of drug-likeness (QED) is 0.551. The first-order valence-electron chi connectivity index (χ1n) is 9.72. The van der Waals surface area contributed by atoms with Gasteiger partial charge in [0.05, 0.1) is 6.54 Å². The minimum Gasteiger partial charge on any atom is -0.352 e. The van der Waals surface area contributed by atoms with Gasteiger partial charge in [-0.05, 0) is 23.1 Å². The van der Waals surface area contributed by atoms with Gasteiger partial charge < -0.3 is 10.2 Å². The van der Waals surface area contributed by atoms with Crippen LogP contribution in [0.3, 0.4) is 0 Å². The zero-order chi connectivity index (χ0) is 19.2. The molecule has 0 spiro atoms. The lowest BCUT2D eigenvalue weighted by Crippen LogP contribution is -2.39. The van der Waals surface area contributed by atoms with E-state index in [1.165, 1.54) is 16.7 Å². The van der Waals surface area contributed by atoms with Crippen molar-refractivity contribution in [1.29, 1.82) is 0 Å². The van der Waals surface area contributed by atoms with Crippen LogP contribution in [-0.4, -0.2) is 45.8 Å². The molecule has 0 bridgehead atoms. The van der Waals surface area contributed by atoms with Crippen molar-refractivity contribution < 1.29 is 0 Å². The van der Waals surface area contributed by atoms with Gasteiger partial charge in [0.2, 0.25) is 0 Å². The minimum absolute atomic E-state index is 0.575. The minimum atomic E-state index is 0.575. The summed E-state index contributed by atoms with van der Waals surface area (Å²) in [6.07, 6.45) is 4.47. The highest BCUT2D eigenvalue weighted by Gasteiger charge is 2.25. The maximum atomic E-state index is 4.51. The van der Waals surface area contributed by atoms with Crippen molar-refractivity contribution in [2.24, 2.45) is 4.99 Å². The van der Waals surface area contributed by atoms with E-state index in [1.54, 1.807) is 12.7 Å². The second-order valence-electron chi connectivity index (χ2n) is 7.16. The van der Waals surface area contributed by atoms with Gasteiger partial charge in [-0.1, -0.05) is 54.6 Å². The first kappa shape index (κ1) is 18.2. The molecule has 1 unspecified atom stereocenters. The van der Waals surface area contributed by atoms with Gasteiger partial charge in [-0.2, -0.15) is 5.10 Å². The van der Waals surface area contributed by atoms with E-state index in [0.29, 0.717) is 5.92 Å². The Morgan fingerprint density at radius 3 is 2.79 bits per heavy atom. The zero-order valence-electron chi connectivity index (χ0n) is 16.2. The Kier molecular flexibility index (Phi) is 5.66. The molecule has 1 aliphatic rings. The summed E-state index contributed by atoms with van der Waals surface area (Å²) >= 11 is 0. The third-order valence-electron chi connectivity index (χ3n) is 5.22. The summed E-state index contributed by atoms with van der Waals surface area (Å²) in [5.41, 5.74) is 3.86. The van der Waals surface area contributed by atoms with Crippen LogP contribution in [0.5, 0.6) is 0 Å². The summed E-state index contributed by atoms with van der Waals surface area (Å²) in [6.45, 7) is 3.53. The molecule has 6 heteroatoms. The van der Waals surface area contributed by atoms with Gasteiger partial charge in [0, 0.05) is 32.6 Å². The number of hydrogen-bond donors (Lipinski definition) is 1. The summed E-state index contributed by atoms with van der Waals surface area (Å²) in [7, 11) is 1.86. The normalized spacial score (nSPS) is 17.1. The second-order valence-corrected chi connectivity index (χ2v) is 7.16. The Hall–Kier alpha value is -3.15. The number of likely N-dealkylation sites (tertiary alicyclic amines) is 1. The number of benzene rings is 2. The van der Waals surface area contributed by atoms with Crippen molar-refractivity contribution >= 4 is 5.96 Å². The van der Waals surface area contributed by atoms with Crippen LogP contribution in [0.1, 0.15) is 29.0 Å². The summed E-state index contributed by atoms with van der Waals surface area (Å²) in [6, 6.07) is 19.3. The number of hydrogen-bond acceptors (Lipinski definition) is 3. The Morgan fingerprint density at radius 1 is 1.14 bits per heavy atom. The van der Waals surface area contributed by atoms with E-state index in [4.69, 9.17) is 0 Å². The Labute approximate surface area is 165 Å². The van der Waals surface area contributed by atoms with E-state index in [1.807, 2.05) is 11.7 Å². The van der Waals surface area contributed by atoms with E-state index < -0.39 is 0 Å². The molecule has 1 aliphatic heterocycles. The fraction of sp³-hybridized carbons (Fsp3) is 0.318. The molecule has 2 heterocycles. The van der Waals surface area contributed by atoms with Gasteiger partial charge in [-0.3, -0.25) is 4.99 Å². The largest absolute Gasteiger partial charge is 0.352 e. The molecular weight excluding hydrogens is 348 g/mol. The monoisotopic (exact) mass is 374 g/mol. The fourth-order valence-electron chi connectivity index (χ4n) is 3.80. The molecule has 1 atom stereocenters. The molecule has 144 valence electrons. The highest BCUT2D eigenvalue weighted by molar-refractivity contribution is 5.80. The molecule has 1 aromatic heterocycles. The average Bonchev–Trinajstić information content (AvgIpc) is 3.42. The average molecular weight is 374 g/mol. The van der Waals surface area contributed by atoms with Crippen molar-refractivity contribution in [1.82, 2.24) is 25.0 Å². The smallest absolute Gasteiger partial charge is 0.193 e. The van der Waals surface area contributed by atoms with Crippen LogP contribution < -0.4 is 5.32 Å². The predicted octanol–water partition coefficient (Wildman–Crippen LogP) is 2.89. The standard InChI is InChI=1S/C22H26N6/c1-23-22(27-11-10-21(15-27)20-8-3-2-4-9-20)25-13-18-6-5-7-19(12-18)14-28-17-24-16-26-28/h2-9,12,16-17,21H,10-11,13-15H2,1H3,(H,23,25). The molecule has 4 rings (SSSR count). The predicted molar refractivity (Wildman–Crippen MR) is 111 cm³/mol. The van der Waals surface area contributed by atoms with Crippen molar-refractivity contribution in [2.45, 2.75) is 25.4 Å². The molecule has 1 N–H and O–H groups in total. The molecule has 2 aromatic carbocycles. The molecule has 1 saturated heterocycles. The molecule has 0 aliphatic carbocycles. The first-order chi connectivity index (χ1) is 13.8. The lowest BCUT2D eigenvalue weighted by molar-refractivity contribution is 0.486. The van der Waals surface area contributed by atoms with E-state index in [-0.39, 0.29) is 0 Å². The van der Waals surface area contributed by atoms with Crippen LogP contribution in [0, 0.1) is 0 Å². The second kappa shape index (κ2) is 8.69. The molecule has 0 saturated carbocycles. The molecule has 0 radical (unpaired) electrons. The topological polar surface area (TPSA) is 58.3 Å². The number of aliphatic imine (C=N–C) groups is 1. The van der Waals surface area contributed by atoms with E-state index in [0.717, 1.165) is 38.6 Å². The van der Waals surface area contributed by atoms with E-state index in [2.05, 4.69) is 79.9 Å². The Balaban J connectivity index is 1.35. The van der Waals surface area contributed by atoms with Gasteiger partial charge in [0.15, 0.2) is 5.96 Å². The summed E-state index contributed by atoms with van der Waals surface area (Å²) in [5, 5.41) is 7.70. The van der Waals surface area contributed by atoms with Crippen molar-refractivity contribution in [3.8, 4) is 0 Å². The lowest BCUT2D eigenvalue weighted by Gasteiger charge is -2.22. The van der Waals surface area contributed by atoms with E-state index in [9.17, 15) is 0 Å². The van der Waals surface area contributed by atoms with Gasteiger partial charge in [0.1, 0.15) is 12.7 Å². The van der Waals surface area contributed by atoms with Gasteiger partial charge >= 0.3 is 0 Å². The highest BCUT2D eigenvalue weighted by atomic mass is 15.3. The van der Waals surface area contributed by atoms with Gasteiger partial charge in [-0.15, -0.1) is 0 Å². The summed E-state index contributed by atoms with van der Waals surface area (Å²) in [5.74, 6) is 1.55. The maximum Gasteiger partial charge on any atom is 0.193 e. The zero-order valence-corrected chi connectivity index (χ0v) is 16.2. The Morgan fingerprint density at radius 2 is 2.00 bits per heavy atom. The third-order valence-corrected chi connectivity index (χ3v) is 5.22. The third kappa shape index (κ3) is 4.39. The molecule has 3 aromatic rings. The van der Waals surface area contributed by atoms with Crippen molar-refractivity contribution in [3.05, 3.63) is 83.9 Å². The summed E-state index contributed by atoms with van der Waals surface area (Å²) < 4.78 is 1.83. The summed E-state index contributed by atoms with van der Waals surface area (Å²) in [4.78, 5) is 10.9.